The quantitative estimate of drug-likeness (QED) is 0.609. The van der Waals surface area contributed by atoms with Gasteiger partial charge in [-0.2, -0.15) is 5.26 Å². The fraction of sp³-hybridized carbons (Fsp3) is 0.500. The number of nitrogens with one attached hydrogen (secondary N) is 2. The van der Waals surface area contributed by atoms with Crippen molar-refractivity contribution in [1.29, 1.82) is 5.26 Å². The van der Waals surface area contributed by atoms with Crippen molar-refractivity contribution in [2.45, 2.75) is 69.9 Å². The van der Waals surface area contributed by atoms with Crippen molar-refractivity contribution in [3.8, 4) is 6.07 Å². The molecule has 0 aromatic carbocycles. The molecule has 9 heteroatoms. The van der Waals surface area contributed by atoms with Gasteiger partial charge >= 0.3 is 0 Å². The molecule has 3 fully saturated rings. The van der Waals surface area contributed by atoms with Gasteiger partial charge in [0.2, 0.25) is 17.7 Å². The van der Waals surface area contributed by atoms with Crippen molar-refractivity contribution in [3.63, 3.8) is 0 Å². The van der Waals surface area contributed by atoms with Crippen LogP contribution >= 0.6 is 0 Å². The summed E-state index contributed by atoms with van der Waals surface area (Å²) in [5.41, 5.74) is 7.86. The zero-order chi connectivity index (χ0) is 24.5. The summed E-state index contributed by atoms with van der Waals surface area (Å²) < 4.78 is 0. The Labute approximate surface area is 203 Å². The van der Waals surface area contributed by atoms with Crippen molar-refractivity contribution in [1.82, 2.24) is 14.9 Å². The summed E-state index contributed by atoms with van der Waals surface area (Å²) in [7, 11) is 0. The van der Waals surface area contributed by atoms with Gasteiger partial charge in [-0.1, -0.05) is 6.08 Å². The first kappa shape index (κ1) is 23.1. The summed E-state index contributed by atoms with van der Waals surface area (Å²) in [5.74, 6) is 0.766. The van der Waals surface area contributed by atoms with E-state index in [0.717, 1.165) is 68.0 Å². The zero-order valence-corrected chi connectivity index (χ0v) is 19.6. The SMILES string of the molecule is N#CCC(=O)N1C2C=C(c3cc(NC(=O)C4CC4)nc4[nH]ccc34)CC1CCC2.NC(=O)C1CC1. The Morgan fingerprint density at radius 2 is 1.94 bits per heavy atom. The molecule has 4 heterocycles. The molecule has 9 nitrogen and oxygen atoms in total. The van der Waals surface area contributed by atoms with Crippen LogP contribution in [0.25, 0.3) is 16.6 Å². The van der Waals surface area contributed by atoms with Crippen LogP contribution < -0.4 is 11.1 Å². The van der Waals surface area contributed by atoms with E-state index in [9.17, 15) is 14.4 Å². The lowest BCUT2D eigenvalue weighted by atomic mass is 9.82. The van der Waals surface area contributed by atoms with Gasteiger partial charge in [-0.3, -0.25) is 14.4 Å². The molecule has 2 aromatic heterocycles. The second-order valence-electron chi connectivity index (χ2n) is 9.92. The number of carbonyl (C=O) groups is 3. The molecular weight excluding hydrogens is 444 g/mol. The van der Waals surface area contributed by atoms with Gasteiger partial charge in [-0.05, 0) is 74.6 Å². The summed E-state index contributed by atoms with van der Waals surface area (Å²) in [5, 5.41) is 12.9. The minimum atomic E-state index is -0.130. The van der Waals surface area contributed by atoms with E-state index in [2.05, 4.69) is 21.4 Å². The van der Waals surface area contributed by atoms with E-state index in [0.29, 0.717) is 5.82 Å². The third-order valence-corrected chi connectivity index (χ3v) is 7.21. The monoisotopic (exact) mass is 474 g/mol. The number of aromatic nitrogens is 2. The molecule has 1 saturated heterocycles. The molecule has 4 N–H and O–H groups in total. The lowest BCUT2D eigenvalue weighted by molar-refractivity contribution is -0.136. The predicted octanol–water partition coefficient (Wildman–Crippen LogP) is 3.24. The van der Waals surface area contributed by atoms with Gasteiger partial charge in [0.1, 0.15) is 17.9 Å². The smallest absolute Gasteiger partial charge is 0.237 e. The molecule has 2 bridgehead atoms. The van der Waals surface area contributed by atoms with E-state index < -0.39 is 0 Å². The predicted molar refractivity (Wildman–Crippen MR) is 130 cm³/mol. The highest BCUT2D eigenvalue weighted by molar-refractivity contribution is 5.97. The maximum Gasteiger partial charge on any atom is 0.237 e. The number of nitrogens with zero attached hydrogens (tertiary/aromatic N) is 3. The third kappa shape index (κ3) is 5.06. The number of primary amides is 1. The number of aromatic amines is 1. The average molecular weight is 475 g/mol. The molecule has 2 saturated carbocycles. The second kappa shape index (κ2) is 9.53. The molecular formula is C26H30N6O3. The van der Waals surface area contributed by atoms with Crippen LogP contribution in [0.2, 0.25) is 0 Å². The maximum absolute atomic E-state index is 12.5. The molecule has 3 amide bonds. The molecule has 2 aromatic rings. The molecule has 2 aliphatic carbocycles. The summed E-state index contributed by atoms with van der Waals surface area (Å²) in [6.45, 7) is 0. The molecule has 35 heavy (non-hydrogen) atoms. The number of fused-ring (bicyclic) bond motifs is 3. The summed E-state index contributed by atoms with van der Waals surface area (Å²) in [6.07, 6.45) is 11.6. The summed E-state index contributed by atoms with van der Waals surface area (Å²) in [6, 6.07) is 6.12. The molecule has 2 atom stereocenters. The normalized spacial score (nSPS) is 22.9. The number of amides is 3. The number of anilines is 1. The number of hydrogen-bond donors (Lipinski definition) is 3. The van der Waals surface area contributed by atoms with Gasteiger partial charge in [0, 0.05) is 29.5 Å². The number of pyridine rings is 1. The summed E-state index contributed by atoms with van der Waals surface area (Å²) >= 11 is 0. The van der Waals surface area contributed by atoms with Crippen LogP contribution in [0.4, 0.5) is 5.82 Å². The first-order valence-corrected chi connectivity index (χ1v) is 12.4. The van der Waals surface area contributed by atoms with Gasteiger partial charge in [0.05, 0.1) is 12.1 Å². The molecule has 6 rings (SSSR count). The second-order valence-corrected chi connectivity index (χ2v) is 9.92. The van der Waals surface area contributed by atoms with Crippen molar-refractivity contribution in [2.24, 2.45) is 17.6 Å². The largest absolute Gasteiger partial charge is 0.369 e. The molecule has 2 unspecified atom stereocenters. The maximum atomic E-state index is 12.5. The number of nitriles is 1. The van der Waals surface area contributed by atoms with Crippen molar-refractivity contribution >= 4 is 40.1 Å². The Morgan fingerprint density at radius 3 is 2.57 bits per heavy atom. The van der Waals surface area contributed by atoms with Crippen LogP contribution in [0.3, 0.4) is 0 Å². The lowest BCUT2D eigenvalue weighted by Crippen LogP contribution is -2.51. The van der Waals surface area contributed by atoms with Crippen molar-refractivity contribution in [3.05, 3.63) is 30.0 Å². The Bertz CT molecular complexity index is 1230. The number of rotatable bonds is 5. The Balaban J connectivity index is 0.000000371. The Hall–Kier alpha value is -3.67. The fourth-order valence-electron chi connectivity index (χ4n) is 5.09. The van der Waals surface area contributed by atoms with Crippen LogP contribution in [0.1, 0.15) is 63.4 Å². The zero-order valence-electron chi connectivity index (χ0n) is 19.6. The summed E-state index contributed by atoms with van der Waals surface area (Å²) in [4.78, 5) is 44.3. The molecule has 0 spiro atoms. The highest BCUT2D eigenvalue weighted by Crippen LogP contribution is 2.40. The van der Waals surface area contributed by atoms with E-state index in [1.165, 1.54) is 5.57 Å². The molecule has 4 aliphatic rings. The number of piperidine rings is 1. The van der Waals surface area contributed by atoms with E-state index in [-0.39, 0.29) is 48.1 Å². The van der Waals surface area contributed by atoms with Gasteiger partial charge in [0.15, 0.2) is 0 Å². The van der Waals surface area contributed by atoms with Gasteiger partial charge in [0.25, 0.3) is 0 Å². The van der Waals surface area contributed by atoms with E-state index >= 15 is 0 Å². The Morgan fingerprint density at radius 1 is 1.17 bits per heavy atom. The van der Waals surface area contributed by atoms with Crippen LogP contribution in [-0.4, -0.2) is 44.7 Å². The van der Waals surface area contributed by atoms with E-state index in [1.54, 1.807) is 0 Å². The first-order valence-electron chi connectivity index (χ1n) is 12.4. The van der Waals surface area contributed by atoms with Gasteiger partial charge < -0.3 is 20.9 Å². The minimum Gasteiger partial charge on any atom is -0.369 e. The first-order chi connectivity index (χ1) is 16.9. The Kier molecular flexibility index (Phi) is 6.29. The van der Waals surface area contributed by atoms with Crippen LogP contribution in [0.5, 0.6) is 0 Å². The molecule has 0 radical (unpaired) electrons. The number of carbonyl (C=O) groups excluding carboxylic acids is 3. The topological polar surface area (TPSA) is 145 Å². The molecule has 182 valence electrons. The van der Waals surface area contributed by atoms with Crippen LogP contribution in [0.15, 0.2) is 24.4 Å². The number of nitrogens with two attached hydrogens (primary N) is 1. The van der Waals surface area contributed by atoms with E-state index in [1.807, 2.05) is 29.3 Å². The van der Waals surface area contributed by atoms with Crippen LogP contribution in [-0.2, 0) is 14.4 Å². The highest BCUT2D eigenvalue weighted by Gasteiger charge is 2.37. The van der Waals surface area contributed by atoms with Gasteiger partial charge in [-0.25, -0.2) is 4.98 Å². The van der Waals surface area contributed by atoms with Gasteiger partial charge in [-0.15, -0.1) is 0 Å². The standard InChI is InChI=1S/C22H23N5O2.C4H7NO/c23-8-6-20(28)27-15-2-1-3-16(27)11-14(10-15)18-12-19(26-22(29)13-4-5-13)25-21-17(18)7-9-24-21;5-4(6)3-1-2-3/h7,9-10,12-13,15-16H,1-6,11H2,(H2,24,25,26,29);3H,1-2H2,(H2,5,6). The van der Waals surface area contributed by atoms with Crippen molar-refractivity contribution in [2.75, 3.05) is 5.32 Å². The fourth-order valence-corrected chi connectivity index (χ4v) is 5.09. The van der Waals surface area contributed by atoms with E-state index in [4.69, 9.17) is 11.0 Å². The van der Waals surface area contributed by atoms with Crippen molar-refractivity contribution < 1.29 is 14.4 Å². The minimum absolute atomic E-state index is 0.0324. The molecule has 2 aliphatic heterocycles. The average Bonchev–Trinajstić information content (AvgIpc) is 3.75. The van der Waals surface area contributed by atoms with Crippen LogP contribution in [0, 0.1) is 23.2 Å². The number of H-pyrrole nitrogens is 1. The third-order valence-electron chi connectivity index (χ3n) is 7.21. The highest BCUT2D eigenvalue weighted by atomic mass is 16.2. The number of hydrogen-bond acceptors (Lipinski definition) is 5. The lowest BCUT2D eigenvalue weighted by Gasteiger charge is -2.45.